The number of alkyl carbamates (subject to hydrolysis) is 1. The Kier molecular flexibility index (Phi) is 11.8. The number of fused-ring (bicyclic) bond motifs is 7. The highest BCUT2D eigenvalue weighted by Crippen LogP contribution is 2.76. The zero-order chi connectivity index (χ0) is 46.5. The number of nitrogens with one attached hydrogen (secondary N) is 2. The van der Waals surface area contributed by atoms with Crippen molar-refractivity contribution >= 4 is 29.7 Å². The summed E-state index contributed by atoms with van der Waals surface area (Å²) in [5.74, 6) is -0.398. The van der Waals surface area contributed by atoms with Crippen molar-refractivity contribution in [2.75, 3.05) is 0 Å². The van der Waals surface area contributed by atoms with Gasteiger partial charge in [-0.05, 0) is 154 Å². The first kappa shape index (κ1) is 47.3. The quantitative estimate of drug-likeness (QED) is 0.185. The first-order valence-corrected chi connectivity index (χ1v) is 24.1. The Morgan fingerprint density at radius 3 is 2.03 bits per heavy atom. The van der Waals surface area contributed by atoms with E-state index in [4.69, 9.17) is 14.2 Å². The molecule has 6 aliphatic rings. The summed E-state index contributed by atoms with van der Waals surface area (Å²) in [5, 5.41) is 6.22. The van der Waals surface area contributed by atoms with Crippen LogP contribution in [0.4, 0.5) is 4.79 Å². The molecule has 10 heteroatoms. The van der Waals surface area contributed by atoms with Crippen molar-refractivity contribution in [3.05, 3.63) is 47.0 Å². The van der Waals surface area contributed by atoms with Crippen LogP contribution in [0.3, 0.4) is 0 Å². The van der Waals surface area contributed by atoms with Gasteiger partial charge in [0.25, 0.3) is 0 Å². The van der Waals surface area contributed by atoms with Gasteiger partial charge in [0, 0.05) is 11.8 Å². The SMILES string of the molecule is CC(C)C1=C2[C@H]3CC[C@@H]4[C@@]5(C)CC[C@H](OC(=O)[C@H]6C[C@@H](C(=O)OCc7ccccc7)C6(C)C)C(C)(C)[C@@H]5CC[C@@]4(C)[C@]3(C)CC[C@@]2(NC(=O)C(C)(C)NC(=O)OC(C)(C)C)CC1=O. The molecule has 6 aliphatic carbocycles. The molecule has 348 valence electrons. The second-order valence-corrected chi connectivity index (χ2v) is 24.5. The number of rotatable bonds is 9. The molecule has 1 aromatic rings. The summed E-state index contributed by atoms with van der Waals surface area (Å²) in [5.41, 5.74) is -0.703. The molecule has 0 spiro atoms. The van der Waals surface area contributed by atoms with E-state index in [1.807, 2.05) is 44.2 Å². The first-order chi connectivity index (χ1) is 29.0. The number of hydrogen-bond acceptors (Lipinski definition) is 8. The number of carbonyl (C=O) groups is 5. The van der Waals surface area contributed by atoms with E-state index in [0.717, 1.165) is 61.7 Å². The average molecular weight is 871 g/mol. The first-order valence-electron chi connectivity index (χ1n) is 24.1. The predicted molar refractivity (Wildman–Crippen MR) is 243 cm³/mol. The van der Waals surface area contributed by atoms with Gasteiger partial charge in [0.1, 0.15) is 23.9 Å². The molecular formula is C53H78N2O8. The Morgan fingerprint density at radius 2 is 1.41 bits per heavy atom. The minimum Gasteiger partial charge on any atom is -0.462 e. The molecule has 0 unspecified atom stereocenters. The van der Waals surface area contributed by atoms with E-state index in [2.05, 4.69) is 59.1 Å². The summed E-state index contributed by atoms with van der Waals surface area (Å²) in [6.07, 6.45) is 7.20. The standard InChI is InChI=1S/C53H78N2O8/c1-31(2)40-36(56)29-53(54-44(59)49(10,11)55-45(60)63-46(3,4)5)27-26-51(13)33(41(40)53)20-21-38-50(12)24-23-39(48(8,9)37(50)22-25-52(38,51)14)62-43(58)35-28-34(47(35,6)7)42(57)61-30-32-18-16-15-17-19-32/h15-19,31,33-35,37-39H,20-30H2,1-14H3,(H,54,59)(H,55,60)/t33-,34+,35-,37+,38-,39+,50+,51-,52-,53-/m1/s1. The highest BCUT2D eigenvalue weighted by molar-refractivity contribution is 6.03. The fraction of sp³-hybridized carbons (Fsp3) is 0.755. The lowest BCUT2D eigenvalue weighted by molar-refractivity contribution is -0.235. The molecule has 7 rings (SSSR count). The smallest absolute Gasteiger partial charge is 0.408 e. The fourth-order valence-corrected chi connectivity index (χ4v) is 14.7. The second-order valence-electron chi connectivity index (χ2n) is 24.5. The third-order valence-electron chi connectivity index (χ3n) is 18.4. The van der Waals surface area contributed by atoms with E-state index in [9.17, 15) is 24.0 Å². The van der Waals surface area contributed by atoms with E-state index in [1.165, 1.54) is 0 Å². The number of amides is 2. The van der Waals surface area contributed by atoms with Crippen LogP contribution in [0.1, 0.15) is 167 Å². The van der Waals surface area contributed by atoms with E-state index >= 15 is 0 Å². The lowest BCUT2D eigenvalue weighted by Gasteiger charge is -2.72. The van der Waals surface area contributed by atoms with Crippen molar-refractivity contribution in [2.45, 2.75) is 191 Å². The Balaban J connectivity index is 1.07. The van der Waals surface area contributed by atoms with Crippen LogP contribution in [-0.2, 0) is 40.0 Å². The van der Waals surface area contributed by atoms with Gasteiger partial charge in [0.05, 0.1) is 17.4 Å². The number of allylic oxidation sites excluding steroid dienone is 1. The summed E-state index contributed by atoms with van der Waals surface area (Å²) in [4.78, 5) is 68.5. The van der Waals surface area contributed by atoms with Gasteiger partial charge in [-0.1, -0.05) is 92.6 Å². The number of carbonyl (C=O) groups excluding carboxylic acids is 5. The maximum absolute atomic E-state index is 14.3. The predicted octanol–water partition coefficient (Wildman–Crippen LogP) is 10.5. The Morgan fingerprint density at radius 1 is 0.762 bits per heavy atom. The van der Waals surface area contributed by atoms with Crippen LogP contribution < -0.4 is 10.6 Å². The van der Waals surface area contributed by atoms with E-state index in [-0.39, 0.29) is 88.1 Å². The Hall–Kier alpha value is -3.69. The van der Waals surface area contributed by atoms with Crippen LogP contribution in [-0.4, -0.2) is 52.5 Å². The number of Topliss-reactive ketones (excluding diaryl/α,β-unsaturated/α-hetero) is 1. The van der Waals surface area contributed by atoms with Gasteiger partial charge in [-0.2, -0.15) is 0 Å². The molecule has 0 heterocycles. The normalized spacial score (nSPS) is 36.7. The van der Waals surface area contributed by atoms with E-state index in [0.29, 0.717) is 24.7 Å². The molecule has 0 aromatic heterocycles. The minimum absolute atomic E-state index is 0.0175. The van der Waals surface area contributed by atoms with Crippen LogP contribution in [0, 0.1) is 62.6 Å². The van der Waals surface area contributed by atoms with E-state index < -0.39 is 28.2 Å². The van der Waals surface area contributed by atoms with Gasteiger partial charge in [0.2, 0.25) is 5.91 Å². The molecule has 5 saturated carbocycles. The van der Waals surface area contributed by atoms with Crippen molar-refractivity contribution in [2.24, 2.45) is 62.6 Å². The molecule has 10 atom stereocenters. The Bertz CT molecular complexity index is 2040. The molecule has 10 nitrogen and oxygen atoms in total. The van der Waals surface area contributed by atoms with Gasteiger partial charge in [-0.25, -0.2) is 4.79 Å². The van der Waals surface area contributed by atoms with Gasteiger partial charge in [-0.15, -0.1) is 0 Å². The van der Waals surface area contributed by atoms with Crippen LogP contribution in [0.5, 0.6) is 0 Å². The van der Waals surface area contributed by atoms with Gasteiger partial charge in [-0.3, -0.25) is 19.2 Å². The van der Waals surface area contributed by atoms with Crippen LogP contribution in [0.15, 0.2) is 41.5 Å². The molecular weight excluding hydrogens is 793 g/mol. The topological polar surface area (TPSA) is 137 Å². The van der Waals surface area contributed by atoms with Crippen LogP contribution in [0.25, 0.3) is 0 Å². The van der Waals surface area contributed by atoms with Gasteiger partial charge in [0.15, 0.2) is 5.78 Å². The monoisotopic (exact) mass is 871 g/mol. The molecule has 0 bridgehead atoms. The molecule has 2 N–H and O–H groups in total. The maximum Gasteiger partial charge on any atom is 0.408 e. The lowest BCUT2D eigenvalue weighted by atomic mass is 9.33. The Labute approximate surface area is 377 Å². The zero-order valence-corrected chi connectivity index (χ0v) is 41.0. The van der Waals surface area contributed by atoms with Crippen LogP contribution >= 0.6 is 0 Å². The van der Waals surface area contributed by atoms with Crippen molar-refractivity contribution in [1.29, 1.82) is 0 Å². The summed E-state index contributed by atoms with van der Waals surface area (Å²) >= 11 is 0. The highest BCUT2D eigenvalue weighted by atomic mass is 16.6. The molecule has 0 saturated heterocycles. The molecule has 0 aliphatic heterocycles. The highest BCUT2D eigenvalue weighted by Gasteiger charge is 2.71. The zero-order valence-electron chi connectivity index (χ0n) is 41.0. The number of benzene rings is 1. The van der Waals surface area contributed by atoms with Gasteiger partial charge >= 0.3 is 18.0 Å². The number of ether oxygens (including phenoxy) is 3. The van der Waals surface area contributed by atoms with Crippen molar-refractivity contribution in [1.82, 2.24) is 10.6 Å². The average Bonchev–Trinajstić information content (AvgIpc) is 3.46. The number of ketones is 1. The minimum atomic E-state index is -1.27. The summed E-state index contributed by atoms with van der Waals surface area (Å²) in [6.45, 7) is 29.4. The van der Waals surface area contributed by atoms with Crippen LogP contribution in [0.2, 0.25) is 0 Å². The van der Waals surface area contributed by atoms with Crippen molar-refractivity contribution in [3.63, 3.8) is 0 Å². The third kappa shape index (κ3) is 7.76. The number of esters is 2. The van der Waals surface area contributed by atoms with Crippen molar-refractivity contribution in [3.8, 4) is 0 Å². The molecule has 0 radical (unpaired) electrons. The second kappa shape index (κ2) is 15.7. The largest absolute Gasteiger partial charge is 0.462 e. The number of hydrogen-bond donors (Lipinski definition) is 2. The molecule has 1 aromatic carbocycles. The summed E-state index contributed by atoms with van der Waals surface area (Å²) < 4.78 is 17.8. The fourth-order valence-electron chi connectivity index (χ4n) is 14.7. The molecule has 63 heavy (non-hydrogen) atoms. The lowest BCUT2D eigenvalue weighted by Crippen LogP contribution is -2.68. The summed E-state index contributed by atoms with van der Waals surface area (Å²) in [7, 11) is 0. The molecule has 2 amide bonds. The summed E-state index contributed by atoms with van der Waals surface area (Å²) in [6, 6.07) is 9.67. The maximum atomic E-state index is 14.3. The van der Waals surface area contributed by atoms with Gasteiger partial charge < -0.3 is 24.8 Å². The van der Waals surface area contributed by atoms with E-state index in [1.54, 1.807) is 34.6 Å². The molecule has 5 fully saturated rings. The van der Waals surface area contributed by atoms with Crippen molar-refractivity contribution < 1.29 is 38.2 Å². The third-order valence-corrected chi connectivity index (χ3v) is 18.4.